The van der Waals surface area contributed by atoms with Crippen LogP contribution in [-0.2, 0) is 0 Å². The third-order valence-electron chi connectivity index (χ3n) is 4.36. The summed E-state index contributed by atoms with van der Waals surface area (Å²) in [5.74, 6) is 3.48. The van der Waals surface area contributed by atoms with E-state index in [2.05, 4.69) is 17.1 Å². The molecule has 0 aromatic carbocycles. The Balaban J connectivity index is 1.67. The summed E-state index contributed by atoms with van der Waals surface area (Å²) in [6, 6.07) is -0.0281. The number of nitrogens with zero attached hydrogens (tertiary/aromatic N) is 2. The number of aromatic nitrogens is 2. The van der Waals surface area contributed by atoms with Crippen LogP contribution in [0.25, 0.3) is 0 Å². The molecule has 1 heterocycles. The van der Waals surface area contributed by atoms with Gasteiger partial charge in [0.25, 0.3) is 0 Å². The monoisotopic (exact) mass is 235 g/mol. The van der Waals surface area contributed by atoms with Crippen LogP contribution >= 0.6 is 0 Å². The van der Waals surface area contributed by atoms with Crippen LogP contribution in [0.5, 0.6) is 0 Å². The fraction of sp³-hybridized carbons (Fsp3) is 0.846. The topological polar surface area (TPSA) is 64.9 Å². The van der Waals surface area contributed by atoms with Crippen LogP contribution in [-0.4, -0.2) is 10.1 Å². The maximum Gasteiger partial charge on any atom is 0.243 e. The van der Waals surface area contributed by atoms with Gasteiger partial charge >= 0.3 is 0 Å². The molecule has 3 unspecified atom stereocenters. The van der Waals surface area contributed by atoms with Crippen molar-refractivity contribution < 1.29 is 4.52 Å². The van der Waals surface area contributed by atoms with Gasteiger partial charge in [0.05, 0.1) is 6.04 Å². The van der Waals surface area contributed by atoms with Crippen LogP contribution in [0.4, 0.5) is 0 Å². The minimum Gasteiger partial charge on any atom is -0.338 e. The zero-order valence-electron chi connectivity index (χ0n) is 10.4. The molecule has 1 aromatic heterocycles. The molecular weight excluding hydrogens is 214 g/mol. The van der Waals surface area contributed by atoms with Gasteiger partial charge in [0.1, 0.15) is 0 Å². The van der Waals surface area contributed by atoms with Crippen molar-refractivity contribution >= 4 is 0 Å². The van der Waals surface area contributed by atoms with Crippen LogP contribution < -0.4 is 5.73 Å². The Morgan fingerprint density at radius 2 is 2.18 bits per heavy atom. The molecule has 0 saturated heterocycles. The number of nitrogens with two attached hydrogens (primary N) is 1. The molecule has 2 aliphatic carbocycles. The second-order valence-corrected chi connectivity index (χ2v) is 5.64. The summed E-state index contributed by atoms with van der Waals surface area (Å²) in [4.78, 5) is 4.52. The summed E-state index contributed by atoms with van der Waals surface area (Å²) < 4.78 is 5.32. The van der Waals surface area contributed by atoms with Crippen molar-refractivity contribution in [2.24, 2.45) is 17.6 Å². The van der Waals surface area contributed by atoms with Crippen LogP contribution in [0.2, 0.25) is 0 Å². The van der Waals surface area contributed by atoms with E-state index in [1.165, 1.54) is 38.5 Å². The zero-order valence-corrected chi connectivity index (χ0v) is 10.4. The van der Waals surface area contributed by atoms with Crippen molar-refractivity contribution in [3.05, 3.63) is 11.7 Å². The third kappa shape index (κ3) is 2.23. The summed E-state index contributed by atoms with van der Waals surface area (Å²) in [5, 5.41) is 4.13. The lowest BCUT2D eigenvalue weighted by atomic mass is 10.0. The molecule has 3 atom stereocenters. The van der Waals surface area contributed by atoms with E-state index in [9.17, 15) is 0 Å². The highest BCUT2D eigenvalue weighted by Gasteiger charge is 2.34. The van der Waals surface area contributed by atoms with Crippen molar-refractivity contribution in [2.75, 3.05) is 0 Å². The molecule has 17 heavy (non-hydrogen) atoms. The first kappa shape index (κ1) is 11.2. The summed E-state index contributed by atoms with van der Waals surface area (Å²) in [7, 11) is 0. The van der Waals surface area contributed by atoms with E-state index in [1.54, 1.807) is 0 Å². The van der Waals surface area contributed by atoms with Gasteiger partial charge in [0, 0.05) is 5.92 Å². The molecule has 2 fully saturated rings. The first-order valence-corrected chi connectivity index (χ1v) is 6.87. The van der Waals surface area contributed by atoms with Crippen LogP contribution in [0.3, 0.4) is 0 Å². The number of rotatable bonds is 4. The summed E-state index contributed by atoms with van der Waals surface area (Å²) in [5.41, 5.74) is 6.07. The molecule has 4 heteroatoms. The van der Waals surface area contributed by atoms with Gasteiger partial charge in [-0.3, -0.25) is 0 Å². The fourth-order valence-corrected chi connectivity index (χ4v) is 2.89. The number of hydrogen-bond acceptors (Lipinski definition) is 4. The van der Waals surface area contributed by atoms with Crippen molar-refractivity contribution in [1.29, 1.82) is 0 Å². The van der Waals surface area contributed by atoms with E-state index in [1.807, 2.05) is 0 Å². The van der Waals surface area contributed by atoms with Gasteiger partial charge in [0.2, 0.25) is 5.89 Å². The molecule has 0 spiro atoms. The summed E-state index contributed by atoms with van der Waals surface area (Å²) in [6.45, 7) is 2.26. The van der Waals surface area contributed by atoms with Gasteiger partial charge in [-0.1, -0.05) is 18.5 Å². The maximum atomic E-state index is 6.07. The van der Waals surface area contributed by atoms with E-state index >= 15 is 0 Å². The molecular formula is C13H21N3O. The minimum absolute atomic E-state index is 0.0281. The Kier molecular flexibility index (Phi) is 2.90. The van der Waals surface area contributed by atoms with Gasteiger partial charge in [-0.25, -0.2) is 0 Å². The van der Waals surface area contributed by atoms with E-state index in [0.717, 1.165) is 11.7 Å². The van der Waals surface area contributed by atoms with Gasteiger partial charge in [-0.05, 0) is 43.9 Å². The first-order valence-electron chi connectivity index (χ1n) is 6.87. The second kappa shape index (κ2) is 4.41. The standard InChI is InChI=1S/C13H21N3O/c1-2-8-3-4-10(7-8)12-15-13(17-16-12)11(14)9-5-6-9/h8-11H,2-7,14H2,1H3. The Morgan fingerprint density at radius 3 is 2.82 bits per heavy atom. The lowest BCUT2D eigenvalue weighted by Gasteiger charge is -2.05. The van der Waals surface area contributed by atoms with Gasteiger partial charge in [-0.15, -0.1) is 0 Å². The Bertz CT molecular complexity index is 386. The van der Waals surface area contributed by atoms with E-state index < -0.39 is 0 Å². The molecule has 1 aromatic rings. The van der Waals surface area contributed by atoms with Gasteiger partial charge in [-0.2, -0.15) is 4.98 Å². The average Bonchev–Trinajstić information content (AvgIpc) is 2.91. The molecule has 2 N–H and O–H groups in total. The van der Waals surface area contributed by atoms with E-state index in [0.29, 0.717) is 17.7 Å². The van der Waals surface area contributed by atoms with Crippen LogP contribution in [0.1, 0.15) is 69.1 Å². The van der Waals surface area contributed by atoms with Gasteiger partial charge in [0.15, 0.2) is 5.82 Å². The van der Waals surface area contributed by atoms with E-state index in [-0.39, 0.29) is 6.04 Å². The number of hydrogen-bond donors (Lipinski definition) is 1. The predicted molar refractivity (Wildman–Crippen MR) is 64.3 cm³/mol. The molecule has 0 radical (unpaired) electrons. The third-order valence-corrected chi connectivity index (χ3v) is 4.36. The second-order valence-electron chi connectivity index (χ2n) is 5.64. The van der Waals surface area contributed by atoms with Crippen molar-refractivity contribution in [3.63, 3.8) is 0 Å². The largest absolute Gasteiger partial charge is 0.338 e. The molecule has 0 aliphatic heterocycles. The fourth-order valence-electron chi connectivity index (χ4n) is 2.89. The van der Waals surface area contributed by atoms with Crippen molar-refractivity contribution in [2.45, 2.75) is 57.4 Å². The van der Waals surface area contributed by atoms with Gasteiger partial charge < -0.3 is 10.3 Å². The molecule has 0 amide bonds. The Morgan fingerprint density at radius 1 is 1.35 bits per heavy atom. The van der Waals surface area contributed by atoms with Crippen LogP contribution in [0.15, 0.2) is 4.52 Å². The average molecular weight is 235 g/mol. The zero-order chi connectivity index (χ0) is 11.8. The molecule has 94 valence electrons. The minimum atomic E-state index is -0.0281. The first-order chi connectivity index (χ1) is 8.28. The summed E-state index contributed by atoms with van der Waals surface area (Å²) in [6.07, 6.45) is 7.41. The Hall–Kier alpha value is -0.900. The maximum absolute atomic E-state index is 6.07. The lowest BCUT2D eigenvalue weighted by Crippen LogP contribution is -2.12. The molecule has 2 saturated carbocycles. The highest BCUT2D eigenvalue weighted by molar-refractivity contribution is 5.03. The smallest absolute Gasteiger partial charge is 0.243 e. The highest BCUT2D eigenvalue weighted by atomic mass is 16.5. The summed E-state index contributed by atoms with van der Waals surface area (Å²) >= 11 is 0. The predicted octanol–water partition coefficient (Wildman–Crippen LogP) is 2.77. The molecule has 0 bridgehead atoms. The quantitative estimate of drug-likeness (QED) is 0.871. The normalized spacial score (nSPS) is 30.7. The molecule has 3 rings (SSSR count). The SMILES string of the molecule is CCC1CCC(c2noc(C(N)C3CC3)n2)C1. The highest BCUT2D eigenvalue weighted by Crippen LogP contribution is 2.41. The van der Waals surface area contributed by atoms with E-state index in [4.69, 9.17) is 10.3 Å². The van der Waals surface area contributed by atoms with Crippen LogP contribution in [0, 0.1) is 11.8 Å². The lowest BCUT2D eigenvalue weighted by molar-refractivity contribution is 0.337. The molecule has 4 nitrogen and oxygen atoms in total. The van der Waals surface area contributed by atoms with Crippen molar-refractivity contribution in [1.82, 2.24) is 10.1 Å². The molecule has 2 aliphatic rings. The van der Waals surface area contributed by atoms with Crippen molar-refractivity contribution in [3.8, 4) is 0 Å². The Labute approximate surface area is 102 Å².